The monoisotopic (exact) mass is 390 g/mol. The SMILES string of the molecule is COc1cccc(C(=O)NCC(=O)OCC(=O)Nc2cccc(Cl)c2C)c1. The van der Waals surface area contributed by atoms with E-state index in [2.05, 4.69) is 10.6 Å². The number of hydrogen-bond acceptors (Lipinski definition) is 5. The minimum Gasteiger partial charge on any atom is -0.497 e. The Morgan fingerprint density at radius 1 is 1.11 bits per heavy atom. The summed E-state index contributed by atoms with van der Waals surface area (Å²) in [5.74, 6) is -1.17. The molecule has 2 aromatic rings. The number of halogens is 1. The van der Waals surface area contributed by atoms with Gasteiger partial charge < -0.3 is 20.1 Å². The van der Waals surface area contributed by atoms with Gasteiger partial charge in [0.05, 0.1) is 7.11 Å². The number of carbonyl (C=O) groups excluding carboxylic acids is 3. The van der Waals surface area contributed by atoms with Crippen LogP contribution in [-0.2, 0) is 14.3 Å². The number of methoxy groups -OCH3 is 1. The van der Waals surface area contributed by atoms with Crippen LogP contribution in [-0.4, -0.2) is 38.0 Å². The van der Waals surface area contributed by atoms with Gasteiger partial charge in [-0.3, -0.25) is 14.4 Å². The first kappa shape index (κ1) is 20.3. The first-order valence-electron chi connectivity index (χ1n) is 8.03. The predicted molar refractivity (Wildman–Crippen MR) is 101 cm³/mol. The van der Waals surface area contributed by atoms with Gasteiger partial charge >= 0.3 is 5.97 Å². The van der Waals surface area contributed by atoms with Gasteiger partial charge in [0.1, 0.15) is 12.3 Å². The van der Waals surface area contributed by atoms with E-state index in [9.17, 15) is 14.4 Å². The predicted octanol–water partition coefficient (Wildman–Crippen LogP) is 2.57. The second-order valence-electron chi connectivity index (χ2n) is 5.54. The van der Waals surface area contributed by atoms with E-state index in [1.54, 1.807) is 49.4 Å². The smallest absolute Gasteiger partial charge is 0.325 e. The summed E-state index contributed by atoms with van der Waals surface area (Å²) in [6, 6.07) is 11.6. The number of benzene rings is 2. The van der Waals surface area contributed by atoms with E-state index in [1.165, 1.54) is 7.11 Å². The van der Waals surface area contributed by atoms with E-state index >= 15 is 0 Å². The van der Waals surface area contributed by atoms with Crippen molar-refractivity contribution in [3.63, 3.8) is 0 Å². The average molecular weight is 391 g/mol. The Balaban J connectivity index is 1.77. The van der Waals surface area contributed by atoms with Crippen LogP contribution in [0.2, 0.25) is 5.02 Å². The van der Waals surface area contributed by atoms with Crippen LogP contribution < -0.4 is 15.4 Å². The van der Waals surface area contributed by atoms with Crippen molar-refractivity contribution in [3.8, 4) is 5.75 Å². The second-order valence-corrected chi connectivity index (χ2v) is 5.94. The summed E-state index contributed by atoms with van der Waals surface area (Å²) in [4.78, 5) is 35.6. The molecule has 8 heteroatoms. The van der Waals surface area contributed by atoms with Crippen LogP contribution in [0.3, 0.4) is 0 Å². The van der Waals surface area contributed by atoms with Crippen LogP contribution in [0.1, 0.15) is 15.9 Å². The molecule has 27 heavy (non-hydrogen) atoms. The molecule has 7 nitrogen and oxygen atoms in total. The number of hydrogen-bond donors (Lipinski definition) is 2. The molecule has 0 heterocycles. The van der Waals surface area contributed by atoms with Gasteiger partial charge in [0.2, 0.25) is 0 Å². The Kier molecular flexibility index (Phi) is 7.19. The maximum atomic E-state index is 12.0. The average Bonchev–Trinajstić information content (AvgIpc) is 2.68. The minimum atomic E-state index is -0.732. The van der Waals surface area contributed by atoms with Gasteiger partial charge in [-0.25, -0.2) is 0 Å². The Hall–Kier alpha value is -3.06. The molecule has 0 radical (unpaired) electrons. The van der Waals surface area contributed by atoms with Gasteiger partial charge in [-0.1, -0.05) is 23.7 Å². The normalized spacial score (nSPS) is 10.0. The van der Waals surface area contributed by atoms with Crippen molar-refractivity contribution in [1.29, 1.82) is 0 Å². The lowest BCUT2D eigenvalue weighted by atomic mass is 10.2. The molecule has 0 saturated heterocycles. The highest BCUT2D eigenvalue weighted by atomic mass is 35.5. The Bertz CT molecular complexity index is 854. The van der Waals surface area contributed by atoms with Crippen LogP contribution in [0.5, 0.6) is 5.75 Å². The third kappa shape index (κ3) is 6.00. The topological polar surface area (TPSA) is 93.7 Å². The lowest BCUT2D eigenvalue weighted by molar-refractivity contribution is -0.146. The molecule has 0 aliphatic carbocycles. The largest absolute Gasteiger partial charge is 0.497 e. The maximum Gasteiger partial charge on any atom is 0.325 e. The first-order valence-corrected chi connectivity index (χ1v) is 8.41. The maximum absolute atomic E-state index is 12.0. The van der Waals surface area contributed by atoms with E-state index in [0.29, 0.717) is 27.6 Å². The van der Waals surface area contributed by atoms with Crippen molar-refractivity contribution in [2.75, 3.05) is 25.6 Å². The molecule has 0 saturated carbocycles. The van der Waals surface area contributed by atoms with Gasteiger partial charge in [0.15, 0.2) is 6.61 Å². The molecule has 142 valence electrons. The van der Waals surface area contributed by atoms with Crippen molar-refractivity contribution in [3.05, 3.63) is 58.6 Å². The highest BCUT2D eigenvalue weighted by Crippen LogP contribution is 2.22. The van der Waals surface area contributed by atoms with Crippen molar-refractivity contribution >= 4 is 35.1 Å². The third-order valence-corrected chi connectivity index (χ3v) is 4.04. The molecule has 0 spiro atoms. The molecular weight excluding hydrogens is 372 g/mol. The van der Waals surface area contributed by atoms with E-state index in [4.69, 9.17) is 21.1 Å². The van der Waals surface area contributed by atoms with Crippen molar-refractivity contribution in [2.45, 2.75) is 6.92 Å². The van der Waals surface area contributed by atoms with Crippen molar-refractivity contribution in [2.24, 2.45) is 0 Å². The second kappa shape index (κ2) is 9.59. The first-order chi connectivity index (χ1) is 12.9. The van der Waals surface area contributed by atoms with Crippen LogP contribution in [0.4, 0.5) is 5.69 Å². The number of carbonyl (C=O) groups is 3. The van der Waals surface area contributed by atoms with E-state index in [-0.39, 0.29) is 6.54 Å². The number of amides is 2. The molecule has 0 atom stereocenters. The molecule has 2 N–H and O–H groups in total. The van der Waals surface area contributed by atoms with Gasteiger partial charge in [0, 0.05) is 16.3 Å². The molecule has 0 fully saturated rings. The summed E-state index contributed by atoms with van der Waals surface area (Å²) < 4.78 is 9.89. The van der Waals surface area contributed by atoms with Crippen LogP contribution in [0.25, 0.3) is 0 Å². The molecule has 0 aliphatic heterocycles. The van der Waals surface area contributed by atoms with Crippen molar-refractivity contribution < 1.29 is 23.9 Å². The fourth-order valence-electron chi connectivity index (χ4n) is 2.15. The van der Waals surface area contributed by atoms with E-state index in [0.717, 1.165) is 0 Å². The van der Waals surface area contributed by atoms with Gasteiger partial charge in [-0.15, -0.1) is 0 Å². The lowest BCUT2D eigenvalue weighted by Gasteiger charge is -2.10. The summed E-state index contributed by atoms with van der Waals surface area (Å²) in [6.07, 6.45) is 0. The van der Waals surface area contributed by atoms with Crippen molar-refractivity contribution in [1.82, 2.24) is 5.32 Å². The fraction of sp³-hybridized carbons (Fsp3) is 0.211. The molecule has 0 bridgehead atoms. The fourth-order valence-corrected chi connectivity index (χ4v) is 2.32. The summed E-state index contributed by atoms with van der Waals surface area (Å²) >= 11 is 5.98. The zero-order valence-electron chi connectivity index (χ0n) is 14.9. The standard InChI is InChI=1S/C19H19ClN2O5/c1-12-15(20)7-4-8-16(12)22-17(23)11-27-18(24)10-21-19(25)13-5-3-6-14(9-13)26-2/h3-9H,10-11H2,1-2H3,(H,21,25)(H,22,23). The summed E-state index contributed by atoms with van der Waals surface area (Å²) in [6.45, 7) is 0.928. The van der Waals surface area contributed by atoms with Gasteiger partial charge in [-0.2, -0.15) is 0 Å². The number of ether oxygens (including phenoxy) is 2. The Labute approximate surface area is 161 Å². The minimum absolute atomic E-state index is 0.344. The summed E-state index contributed by atoms with van der Waals surface area (Å²) in [5.41, 5.74) is 1.59. The number of esters is 1. The number of nitrogens with one attached hydrogen (secondary N) is 2. The Morgan fingerprint density at radius 2 is 1.85 bits per heavy atom. The zero-order chi connectivity index (χ0) is 19.8. The molecule has 2 rings (SSSR count). The quantitative estimate of drug-likeness (QED) is 0.709. The van der Waals surface area contributed by atoms with Crippen LogP contribution in [0.15, 0.2) is 42.5 Å². The molecule has 0 aromatic heterocycles. The molecule has 0 unspecified atom stereocenters. The van der Waals surface area contributed by atoms with Gasteiger partial charge in [-0.05, 0) is 42.8 Å². The van der Waals surface area contributed by atoms with E-state index < -0.39 is 24.4 Å². The summed E-state index contributed by atoms with van der Waals surface area (Å²) in [7, 11) is 1.49. The third-order valence-electron chi connectivity index (χ3n) is 3.63. The van der Waals surface area contributed by atoms with Gasteiger partial charge in [0.25, 0.3) is 11.8 Å². The molecular formula is C19H19ClN2O5. The molecule has 0 aliphatic rings. The van der Waals surface area contributed by atoms with Crippen LogP contribution in [0, 0.1) is 6.92 Å². The zero-order valence-corrected chi connectivity index (χ0v) is 15.6. The highest BCUT2D eigenvalue weighted by molar-refractivity contribution is 6.31. The number of anilines is 1. The molecule has 2 aromatic carbocycles. The lowest BCUT2D eigenvalue weighted by Crippen LogP contribution is -2.32. The Morgan fingerprint density at radius 3 is 2.59 bits per heavy atom. The highest BCUT2D eigenvalue weighted by Gasteiger charge is 2.12. The van der Waals surface area contributed by atoms with E-state index in [1.807, 2.05) is 0 Å². The molecule has 2 amide bonds. The van der Waals surface area contributed by atoms with Crippen LogP contribution >= 0.6 is 11.6 Å². The summed E-state index contributed by atoms with van der Waals surface area (Å²) in [5, 5.41) is 5.55. The number of rotatable bonds is 7.